The van der Waals surface area contributed by atoms with Gasteiger partial charge < -0.3 is 15.0 Å². The number of carbonyl (C=O) groups is 1. The first-order valence-corrected chi connectivity index (χ1v) is 9.95. The largest absolute Gasteiger partial charge is 0.497 e. The highest BCUT2D eigenvalue weighted by atomic mass is 16.5. The van der Waals surface area contributed by atoms with E-state index in [-0.39, 0.29) is 11.9 Å². The fourth-order valence-electron chi connectivity index (χ4n) is 4.13. The Morgan fingerprint density at radius 3 is 2.75 bits per heavy atom. The van der Waals surface area contributed by atoms with Crippen molar-refractivity contribution in [3.63, 3.8) is 0 Å². The SMILES string of the molecule is CCCNC(=O)CN1CCc2c([nH]c3ccccc23)[C@@H]1c1ccc(OC)cc1. The molecule has 5 heteroatoms. The summed E-state index contributed by atoms with van der Waals surface area (Å²) in [5.74, 6) is 0.920. The van der Waals surface area contributed by atoms with E-state index in [9.17, 15) is 4.79 Å². The third-order valence-corrected chi connectivity index (χ3v) is 5.48. The highest BCUT2D eigenvalue weighted by molar-refractivity contribution is 5.85. The fourth-order valence-corrected chi connectivity index (χ4v) is 4.13. The number of para-hydroxylation sites is 1. The number of carbonyl (C=O) groups excluding carboxylic acids is 1. The molecule has 0 bridgehead atoms. The topological polar surface area (TPSA) is 57.4 Å². The van der Waals surface area contributed by atoms with Crippen LogP contribution >= 0.6 is 0 Å². The summed E-state index contributed by atoms with van der Waals surface area (Å²) in [7, 11) is 1.68. The molecule has 2 aromatic carbocycles. The van der Waals surface area contributed by atoms with Crippen LogP contribution < -0.4 is 10.1 Å². The zero-order valence-electron chi connectivity index (χ0n) is 16.5. The predicted molar refractivity (Wildman–Crippen MR) is 112 cm³/mol. The Bertz CT molecular complexity index is 962. The fraction of sp³-hybridized carbons (Fsp3) is 0.348. The first-order valence-electron chi connectivity index (χ1n) is 9.95. The van der Waals surface area contributed by atoms with E-state index >= 15 is 0 Å². The van der Waals surface area contributed by atoms with Gasteiger partial charge >= 0.3 is 0 Å². The standard InChI is InChI=1S/C23H27N3O2/c1-3-13-24-21(27)15-26-14-12-19-18-6-4-5-7-20(18)25-22(19)23(26)16-8-10-17(28-2)11-9-16/h4-11,23,25H,3,12-15H2,1-2H3,(H,24,27)/t23-/m0/s1. The average molecular weight is 377 g/mol. The van der Waals surface area contributed by atoms with Crippen LogP contribution in [-0.4, -0.2) is 42.5 Å². The van der Waals surface area contributed by atoms with Gasteiger partial charge in [0.05, 0.1) is 19.7 Å². The van der Waals surface area contributed by atoms with Crippen molar-refractivity contribution < 1.29 is 9.53 Å². The summed E-state index contributed by atoms with van der Waals surface area (Å²) in [5.41, 5.74) is 4.88. The molecule has 1 amide bonds. The molecular weight excluding hydrogens is 350 g/mol. The molecule has 5 nitrogen and oxygen atoms in total. The average Bonchev–Trinajstić information content (AvgIpc) is 3.11. The molecule has 4 rings (SSSR count). The first kappa shape index (κ1) is 18.6. The van der Waals surface area contributed by atoms with Crippen molar-refractivity contribution in [1.82, 2.24) is 15.2 Å². The number of hydrogen-bond donors (Lipinski definition) is 2. The van der Waals surface area contributed by atoms with E-state index in [1.54, 1.807) is 7.11 Å². The number of H-pyrrole nitrogens is 1. The van der Waals surface area contributed by atoms with Crippen molar-refractivity contribution in [3.05, 3.63) is 65.4 Å². The number of hydrogen-bond acceptors (Lipinski definition) is 3. The number of aromatic nitrogens is 1. The number of ether oxygens (including phenoxy) is 1. The maximum Gasteiger partial charge on any atom is 0.234 e. The summed E-state index contributed by atoms with van der Waals surface area (Å²) in [4.78, 5) is 18.4. The van der Waals surface area contributed by atoms with E-state index in [4.69, 9.17) is 4.74 Å². The number of rotatable bonds is 6. The van der Waals surface area contributed by atoms with Gasteiger partial charge in [-0.05, 0) is 42.2 Å². The Kier molecular flexibility index (Phi) is 5.35. The van der Waals surface area contributed by atoms with Crippen molar-refractivity contribution in [1.29, 1.82) is 0 Å². The molecule has 1 aliphatic heterocycles. The number of nitrogens with one attached hydrogen (secondary N) is 2. The third kappa shape index (κ3) is 3.50. The summed E-state index contributed by atoms with van der Waals surface area (Å²) in [6, 6.07) is 16.6. The molecule has 0 fully saturated rings. The molecule has 2 N–H and O–H groups in total. The summed E-state index contributed by atoms with van der Waals surface area (Å²) < 4.78 is 5.32. The van der Waals surface area contributed by atoms with Gasteiger partial charge in [-0.1, -0.05) is 37.3 Å². The molecule has 1 atom stereocenters. The van der Waals surface area contributed by atoms with Crippen LogP contribution in [0.25, 0.3) is 10.9 Å². The van der Waals surface area contributed by atoms with Crippen LogP contribution in [0.4, 0.5) is 0 Å². The second kappa shape index (κ2) is 8.07. The number of aromatic amines is 1. The molecule has 146 valence electrons. The zero-order valence-corrected chi connectivity index (χ0v) is 16.5. The molecule has 3 aromatic rings. The van der Waals surface area contributed by atoms with Crippen molar-refractivity contribution in [3.8, 4) is 5.75 Å². The Balaban J connectivity index is 1.73. The van der Waals surface area contributed by atoms with Gasteiger partial charge in [0.2, 0.25) is 5.91 Å². The lowest BCUT2D eigenvalue weighted by Crippen LogP contribution is -2.43. The van der Waals surface area contributed by atoms with Gasteiger partial charge in [0.1, 0.15) is 5.75 Å². The Hall–Kier alpha value is -2.79. The number of nitrogens with zero attached hydrogens (tertiary/aromatic N) is 1. The quantitative estimate of drug-likeness (QED) is 0.689. The number of methoxy groups -OCH3 is 1. The summed E-state index contributed by atoms with van der Waals surface area (Å²) >= 11 is 0. The minimum absolute atomic E-state index is 0.0226. The molecule has 0 saturated carbocycles. The van der Waals surface area contributed by atoms with Crippen molar-refractivity contribution in [2.75, 3.05) is 26.7 Å². The lowest BCUT2D eigenvalue weighted by molar-refractivity contribution is -0.122. The van der Waals surface area contributed by atoms with E-state index in [1.807, 2.05) is 12.1 Å². The molecule has 0 radical (unpaired) electrons. The second-order valence-electron chi connectivity index (χ2n) is 7.31. The Morgan fingerprint density at radius 2 is 2.00 bits per heavy atom. The van der Waals surface area contributed by atoms with Crippen molar-refractivity contribution >= 4 is 16.8 Å². The van der Waals surface area contributed by atoms with Crippen LogP contribution in [0, 0.1) is 0 Å². The number of benzene rings is 2. The van der Waals surface area contributed by atoms with Crippen LogP contribution in [0.3, 0.4) is 0 Å². The van der Waals surface area contributed by atoms with Crippen LogP contribution in [-0.2, 0) is 11.2 Å². The molecule has 28 heavy (non-hydrogen) atoms. The lowest BCUT2D eigenvalue weighted by Gasteiger charge is -2.35. The Morgan fingerprint density at radius 1 is 1.21 bits per heavy atom. The normalized spacial score (nSPS) is 16.7. The van der Waals surface area contributed by atoms with Crippen LogP contribution in [0.15, 0.2) is 48.5 Å². The molecule has 0 aliphatic carbocycles. The van der Waals surface area contributed by atoms with Crippen molar-refractivity contribution in [2.45, 2.75) is 25.8 Å². The number of amides is 1. The molecule has 0 saturated heterocycles. The first-order chi connectivity index (χ1) is 13.7. The molecule has 1 aliphatic rings. The van der Waals surface area contributed by atoms with Gasteiger partial charge in [-0.25, -0.2) is 0 Å². The molecular formula is C23H27N3O2. The molecule has 2 heterocycles. The van der Waals surface area contributed by atoms with Gasteiger partial charge in [-0.3, -0.25) is 9.69 Å². The predicted octanol–water partition coefficient (Wildman–Crippen LogP) is 3.65. The summed E-state index contributed by atoms with van der Waals surface area (Å²) in [6.07, 6.45) is 1.88. The van der Waals surface area contributed by atoms with Gasteiger partial charge in [-0.2, -0.15) is 0 Å². The van der Waals surface area contributed by atoms with Gasteiger partial charge in [0, 0.05) is 29.7 Å². The zero-order chi connectivity index (χ0) is 19.5. The summed E-state index contributed by atoms with van der Waals surface area (Å²) in [5, 5.41) is 4.29. The van der Waals surface area contributed by atoms with Gasteiger partial charge in [0.15, 0.2) is 0 Å². The monoisotopic (exact) mass is 377 g/mol. The molecule has 0 unspecified atom stereocenters. The Labute approximate surface area is 165 Å². The maximum atomic E-state index is 12.4. The van der Waals surface area contributed by atoms with E-state index in [0.29, 0.717) is 6.54 Å². The van der Waals surface area contributed by atoms with E-state index in [1.165, 1.54) is 16.6 Å². The molecule has 0 spiro atoms. The third-order valence-electron chi connectivity index (χ3n) is 5.48. The van der Waals surface area contributed by atoms with Gasteiger partial charge in [-0.15, -0.1) is 0 Å². The summed E-state index contributed by atoms with van der Waals surface area (Å²) in [6.45, 7) is 4.03. The van der Waals surface area contributed by atoms with Crippen LogP contribution in [0.5, 0.6) is 5.75 Å². The molecule has 1 aromatic heterocycles. The highest BCUT2D eigenvalue weighted by Gasteiger charge is 2.32. The lowest BCUT2D eigenvalue weighted by atomic mass is 9.92. The second-order valence-corrected chi connectivity index (χ2v) is 7.31. The van der Waals surface area contributed by atoms with Crippen LogP contribution in [0.2, 0.25) is 0 Å². The van der Waals surface area contributed by atoms with E-state index < -0.39 is 0 Å². The van der Waals surface area contributed by atoms with E-state index in [0.717, 1.165) is 42.8 Å². The van der Waals surface area contributed by atoms with E-state index in [2.05, 4.69) is 58.5 Å². The van der Waals surface area contributed by atoms with Crippen LogP contribution in [0.1, 0.15) is 36.2 Å². The van der Waals surface area contributed by atoms with Gasteiger partial charge in [0.25, 0.3) is 0 Å². The maximum absolute atomic E-state index is 12.4. The highest BCUT2D eigenvalue weighted by Crippen LogP contribution is 2.38. The minimum Gasteiger partial charge on any atom is -0.497 e. The van der Waals surface area contributed by atoms with Crippen molar-refractivity contribution in [2.24, 2.45) is 0 Å². The minimum atomic E-state index is 0.0226. The number of fused-ring (bicyclic) bond motifs is 3. The smallest absolute Gasteiger partial charge is 0.234 e.